The molecule has 2 atom stereocenters. The lowest BCUT2D eigenvalue weighted by atomic mass is 9.86. The summed E-state index contributed by atoms with van der Waals surface area (Å²) in [6.07, 6.45) is 4.39. The van der Waals surface area contributed by atoms with E-state index in [1.807, 2.05) is 0 Å². The summed E-state index contributed by atoms with van der Waals surface area (Å²) in [5.74, 6) is 0.208. The standard InChI is InChI=1S/C16H24N2O4S/c1-12-7-4-5-10-15(12)17-16(19)13-8-6-9-14(11-13)23(20,21)18(2)22-3/h6,8-9,11-12,15H,4-5,7,10H2,1-3H3,(H,17,19)/t12-,15+/m1/s1. The summed E-state index contributed by atoms with van der Waals surface area (Å²) in [5, 5.41) is 3.03. The number of carbonyl (C=O) groups excluding carboxylic acids is 1. The molecule has 0 unspecified atom stereocenters. The van der Waals surface area contributed by atoms with Crippen molar-refractivity contribution in [1.29, 1.82) is 0 Å². The SMILES string of the molecule is CON(C)S(=O)(=O)c1cccc(C(=O)N[C@H]2CCCC[C@H]2C)c1. The molecule has 0 saturated heterocycles. The van der Waals surface area contributed by atoms with Crippen LogP contribution in [-0.4, -0.2) is 39.0 Å². The van der Waals surface area contributed by atoms with E-state index >= 15 is 0 Å². The van der Waals surface area contributed by atoms with E-state index in [-0.39, 0.29) is 16.8 Å². The van der Waals surface area contributed by atoms with Crippen molar-refractivity contribution >= 4 is 15.9 Å². The number of amides is 1. The Balaban J connectivity index is 2.17. The molecular weight excluding hydrogens is 316 g/mol. The average molecular weight is 340 g/mol. The largest absolute Gasteiger partial charge is 0.349 e. The zero-order valence-corrected chi connectivity index (χ0v) is 14.6. The highest BCUT2D eigenvalue weighted by Gasteiger charge is 2.25. The number of rotatable bonds is 5. The number of hydrogen-bond donors (Lipinski definition) is 1. The monoisotopic (exact) mass is 340 g/mol. The molecule has 0 radical (unpaired) electrons. The van der Waals surface area contributed by atoms with E-state index in [2.05, 4.69) is 12.2 Å². The summed E-state index contributed by atoms with van der Waals surface area (Å²) >= 11 is 0. The highest BCUT2D eigenvalue weighted by molar-refractivity contribution is 7.89. The van der Waals surface area contributed by atoms with Gasteiger partial charge in [0.2, 0.25) is 0 Å². The fourth-order valence-electron chi connectivity index (χ4n) is 2.83. The Kier molecular flexibility index (Phi) is 5.78. The summed E-state index contributed by atoms with van der Waals surface area (Å²) in [7, 11) is -1.17. The maximum absolute atomic E-state index is 12.4. The maximum Gasteiger partial charge on any atom is 0.264 e. The zero-order valence-electron chi connectivity index (χ0n) is 13.8. The second kappa shape index (κ2) is 7.42. The normalized spacial score (nSPS) is 22.1. The van der Waals surface area contributed by atoms with Crippen LogP contribution in [0.1, 0.15) is 43.0 Å². The lowest BCUT2D eigenvalue weighted by Gasteiger charge is -2.29. The fraction of sp³-hybridized carbons (Fsp3) is 0.562. The first-order valence-electron chi connectivity index (χ1n) is 7.80. The molecule has 128 valence electrons. The Morgan fingerprint density at radius 2 is 2.00 bits per heavy atom. The Bertz CT molecular complexity index is 660. The minimum atomic E-state index is -3.76. The molecule has 0 aliphatic heterocycles. The van der Waals surface area contributed by atoms with Gasteiger partial charge in [-0.15, -0.1) is 0 Å². The van der Waals surface area contributed by atoms with Crippen LogP contribution in [0.3, 0.4) is 0 Å². The first kappa shape index (κ1) is 17.9. The molecule has 23 heavy (non-hydrogen) atoms. The Hall–Kier alpha value is -1.44. The van der Waals surface area contributed by atoms with E-state index in [4.69, 9.17) is 4.84 Å². The lowest BCUT2D eigenvalue weighted by molar-refractivity contribution is -0.0258. The fourth-order valence-corrected chi connectivity index (χ4v) is 3.85. The molecule has 7 heteroatoms. The van der Waals surface area contributed by atoms with E-state index in [9.17, 15) is 13.2 Å². The van der Waals surface area contributed by atoms with Gasteiger partial charge in [0.1, 0.15) is 0 Å². The van der Waals surface area contributed by atoms with Crippen molar-refractivity contribution in [3.05, 3.63) is 29.8 Å². The smallest absolute Gasteiger partial charge is 0.264 e. The lowest BCUT2D eigenvalue weighted by Crippen LogP contribution is -2.41. The summed E-state index contributed by atoms with van der Waals surface area (Å²) in [4.78, 5) is 17.2. The van der Waals surface area contributed by atoms with E-state index in [1.54, 1.807) is 12.1 Å². The molecule has 1 N–H and O–H groups in total. The molecule has 0 aromatic heterocycles. The van der Waals surface area contributed by atoms with Gasteiger partial charge in [-0.1, -0.05) is 30.3 Å². The van der Waals surface area contributed by atoms with Crippen LogP contribution in [0.15, 0.2) is 29.2 Å². The van der Waals surface area contributed by atoms with Crippen molar-refractivity contribution in [3.8, 4) is 0 Å². The van der Waals surface area contributed by atoms with Crippen molar-refractivity contribution in [2.75, 3.05) is 14.2 Å². The van der Waals surface area contributed by atoms with Crippen LogP contribution in [0.25, 0.3) is 0 Å². The van der Waals surface area contributed by atoms with Crippen molar-refractivity contribution < 1.29 is 18.0 Å². The van der Waals surface area contributed by atoms with Crippen LogP contribution in [0, 0.1) is 5.92 Å². The third-order valence-corrected chi connectivity index (χ3v) is 6.09. The molecular formula is C16H24N2O4S. The van der Waals surface area contributed by atoms with Gasteiger partial charge in [-0.2, -0.15) is 0 Å². The summed E-state index contributed by atoms with van der Waals surface area (Å²) < 4.78 is 25.3. The molecule has 0 bridgehead atoms. The van der Waals surface area contributed by atoms with Gasteiger partial charge in [0, 0.05) is 18.7 Å². The van der Waals surface area contributed by atoms with Crippen LogP contribution >= 0.6 is 0 Å². The van der Waals surface area contributed by atoms with Gasteiger partial charge >= 0.3 is 0 Å². The highest BCUT2D eigenvalue weighted by atomic mass is 32.2. The number of sulfonamides is 1. The average Bonchev–Trinajstić information content (AvgIpc) is 2.56. The molecule has 2 rings (SSSR count). The topological polar surface area (TPSA) is 75.7 Å². The van der Waals surface area contributed by atoms with Crippen LogP contribution in [0.4, 0.5) is 0 Å². The number of nitrogens with zero attached hydrogens (tertiary/aromatic N) is 1. The molecule has 1 aromatic carbocycles. The summed E-state index contributed by atoms with van der Waals surface area (Å²) in [6.45, 7) is 2.14. The summed E-state index contributed by atoms with van der Waals surface area (Å²) in [6, 6.07) is 6.17. The number of carbonyl (C=O) groups is 1. The zero-order chi connectivity index (χ0) is 17.0. The number of hydroxylamine groups is 1. The molecule has 0 heterocycles. The van der Waals surface area contributed by atoms with Crippen molar-refractivity contribution in [1.82, 2.24) is 9.79 Å². The third kappa shape index (κ3) is 4.10. The number of hydrogen-bond acceptors (Lipinski definition) is 4. The van der Waals surface area contributed by atoms with E-state index in [0.29, 0.717) is 11.5 Å². The van der Waals surface area contributed by atoms with Crippen LogP contribution in [-0.2, 0) is 14.9 Å². The Labute approximate surface area is 137 Å². The van der Waals surface area contributed by atoms with Crippen molar-refractivity contribution in [2.45, 2.75) is 43.5 Å². The van der Waals surface area contributed by atoms with Gasteiger partial charge in [-0.3, -0.25) is 9.63 Å². The van der Waals surface area contributed by atoms with Gasteiger partial charge < -0.3 is 5.32 Å². The van der Waals surface area contributed by atoms with Gasteiger partial charge in [0.05, 0.1) is 12.0 Å². The van der Waals surface area contributed by atoms with E-state index in [0.717, 1.165) is 23.7 Å². The van der Waals surface area contributed by atoms with Crippen molar-refractivity contribution in [3.63, 3.8) is 0 Å². The molecule has 1 amide bonds. The summed E-state index contributed by atoms with van der Waals surface area (Å²) in [5.41, 5.74) is 0.341. The second-order valence-electron chi connectivity index (χ2n) is 5.97. The first-order chi connectivity index (χ1) is 10.9. The molecule has 6 nitrogen and oxygen atoms in total. The quantitative estimate of drug-likeness (QED) is 0.834. The van der Waals surface area contributed by atoms with Gasteiger partial charge in [-0.05, 0) is 37.0 Å². The van der Waals surface area contributed by atoms with Crippen molar-refractivity contribution in [2.24, 2.45) is 5.92 Å². The van der Waals surface area contributed by atoms with E-state index < -0.39 is 10.0 Å². The van der Waals surface area contributed by atoms with E-state index in [1.165, 1.54) is 32.7 Å². The Morgan fingerprint density at radius 3 is 2.65 bits per heavy atom. The van der Waals surface area contributed by atoms with Gasteiger partial charge in [0.15, 0.2) is 0 Å². The minimum absolute atomic E-state index is 0.0335. The number of benzene rings is 1. The minimum Gasteiger partial charge on any atom is -0.349 e. The maximum atomic E-state index is 12.4. The molecule has 0 spiro atoms. The predicted molar refractivity (Wildman–Crippen MR) is 87.3 cm³/mol. The Morgan fingerprint density at radius 1 is 1.30 bits per heavy atom. The van der Waals surface area contributed by atoms with Gasteiger partial charge in [-0.25, -0.2) is 8.42 Å². The number of nitrogens with one attached hydrogen (secondary N) is 1. The predicted octanol–water partition coefficient (Wildman–Crippen LogP) is 2.18. The molecule has 1 fully saturated rings. The third-order valence-electron chi connectivity index (χ3n) is 4.42. The molecule has 1 aliphatic carbocycles. The van der Waals surface area contributed by atoms with Crippen LogP contribution < -0.4 is 5.32 Å². The van der Waals surface area contributed by atoms with Crippen LogP contribution in [0.2, 0.25) is 0 Å². The second-order valence-corrected chi connectivity index (χ2v) is 7.90. The molecule has 1 saturated carbocycles. The van der Waals surface area contributed by atoms with Gasteiger partial charge in [0.25, 0.3) is 15.9 Å². The van der Waals surface area contributed by atoms with Crippen LogP contribution in [0.5, 0.6) is 0 Å². The molecule has 1 aliphatic rings. The first-order valence-corrected chi connectivity index (χ1v) is 9.24. The molecule has 1 aromatic rings. The highest BCUT2D eigenvalue weighted by Crippen LogP contribution is 2.24.